The number of carbonyl (C=O) groups is 1. The van der Waals surface area contributed by atoms with Crippen molar-refractivity contribution in [2.24, 2.45) is 0 Å². The second kappa shape index (κ2) is 4.68. The first kappa shape index (κ1) is 12.2. The molecule has 0 bridgehead atoms. The molecule has 2 aromatic heterocycles. The molecule has 18 heavy (non-hydrogen) atoms. The van der Waals surface area contributed by atoms with Crippen LogP contribution in [0.25, 0.3) is 10.9 Å². The topological polar surface area (TPSA) is 32.9 Å². The molecule has 0 saturated carbocycles. The summed E-state index contributed by atoms with van der Waals surface area (Å²) in [6, 6.07) is 7.47. The maximum absolute atomic E-state index is 12.4. The third-order valence-corrected chi connectivity index (χ3v) is 4.84. The highest BCUT2D eigenvalue weighted by molar-refractivity contribution is 14.1. The first-order valence-corrected chi connectivity index (χ1v) is 7.55. The number of ketones is 1. The minimum atomic E-state index is 0.0303. The first-order chi connectivity index (χ1) is 8.66. The van der Waals surface area contributed by atoms with Gasteiger partial charge in [0, 0.05) is 28.1 Å². The van der Waals surface area contributed by atoms with Crippen molar-refractivity contribution in [1.82, 2.24) is 4.98 Å². The molecule has 5 heteroatoms. The lowest BCUT2D eigenvalue weighted by Gasteiger charge is -1.97. The van der Waals surface area contributed by atoms with E-state index in [-0.39, 0.29) is 5.78 Å². The van der Waals surface area contributed by atoms with Gasteiger partial charge in [-0.2, -0.15) is 0 Å². The normalized spacial score (nSPS) is 11.0. The Hall–Kier alpha value is -0.850. The summed E-state index contributed by atoms with van der Waals surface area (Å²) in [4.78, 5) is 15.4. The first-order valence-electron chi connectivity index (χ1n) is 5.21. The number of halogens is 2. The van der Waals surface area contributed by atoms with Gasteiger partial charge < -0.3 is 4.98 Å². The van der Waals surface area contributed by atoms with Crippen molar-refractivity contribution in [1.29, 1.82) is 0 Å². The standard InChI is InChI=1S/C13H7ClINOS/c14-10-3-1-2-8-9(5-16-12(8)10)13(17)7-4-11(15)18-6-7/h1-6,16H. The Bertz CT molecular complexity index is 746. The van der Waals surface area contributed by atoms with Gasteiger partial charge >= 0.3 is 0 Å². The summed E-state index contributed by atoms with van der Waals surface area (Å²) in [5.74, 6) is 0.0303. The predicted molar refractivity (Wildman–Crippen MR) is 83.8 cm³/mol. The SMILES string of the molecule is O=C(c1csc(I)c1)c1c[nH]c2c(Cl)cccc12. The van der Waals surface area contributed by atoms with E-state index in [4.69, 9.17) is 11.6 Å². The molecule has 1 N–H and O–H groups in total. The fourth-order valence-corrected chi connectivity index (χ4v) is 3.45. The zero-order valence-electron chi connectivity index (χ0n) is 9.04. The molecule has 0 radical (unpaired) electrons. The van der Waals surface area contributed by atoms with E-state index in [1.54, 1.807) is 17.5 Å². The van der Waals surface area contributed by atoms with Crippen molar-refractivity contribution in [3.8, 4) is 0 Å². The number of aromatic nitrogens is 1. The Morgan fingerprint density at radius 3 is 2.94 bits per heavy atom. The third kappa shape index (κ3) is 1.98. The van der Waals surface area contributed by atoms with Gasteiger partial charge in [-0.25, -0.2) is 0 Å². The largest absolute Gasteiger partial charge is 0.359 e. The van der Waals surface area contributed by atoms with E-state index >= 15 is 0 Å². The van der Waals surface area contributed by atoms with Crippen LogP contribution in [0.3, 0.4) is 0 Å². The molecule has 3 aromatic rings. The Morgan fingerprint density at radius 2 is 2.22 bits per heavy atom. The molecule has 0 aliphatic rings. The van der Waals surface area contributed by atoms with Gasteiger partial charge in [0.2, 0.25) is 0 Å². The highest BCUT2D eigenvalue weighted by Gasteiger charge is 2.16. The van der Waals surface area contributed by atoms with Crippen LogP contribution in [0.5, 0.6) is 0 Å². The van der Waals surface area contributed by atoms with E-state index in [2.05, 4.69) is 27.6 Å². The van der Waals surface area contributed by atoms with Gasteiger partial charge in [-0.15, -0.1) is 11.3 Å². The van der Waals surface area contributed by atoms with E-state index in [0.717, 1.165) is 19.4 Å². The predicted octanol–water partition coefficient (Wildman–Crippen LogP) is 4.72. The summed E-state index contributed by atoms with van der Waals surface area (Å²) in [6.45, 7) is 0. The lowest BCUT2D eigenvalue weighted by Crippen LogP contribution is -1.97. The average molecular weight is 388 g/mol. The average Bonchev–Trinajstić information content (AvgIpc) is 2.95. The van der Waals surface area contributed by atoms with Crippen LogP contribution in [0.4, 0.5) is 0 Å². The van der Waals surface area contributed by atoms with Crippen LogP contribution in [0.1, 0.15) is 15.9 Å². The van der Waals surface area contributed by atoms with Gasteiger partial charge in [-0.05, 0) is 34.7 Å². The minimum absolute atomic E-state index is 0.0303. The second-order valence-corrected chi connectivity index (χ2v) is 7.05. The van der Waals surface area contributed by atoms with Gasteiger partial charge in [0.1, 0.15) is 0 Å². The zero-order valence-corrected chi connectivity index (χ0v) is 12.8. The molecule has 1 aromatic carbocycles. The van der Waals surface area contributed by atoms with Crippen LogP contribution >= 0.6 is 45.5 Å². The van der Waals surface area contributed by atoms with Gasteiger partial charge in [-0.1, -0.05) is 23.7 Å². The monoisotopic (exact) mass is 387 g/mol. The molecular weight excluding hydrogens is 381 g/mol. The molecule has 0 saturated heterocycles. The number of H-pyrrole nitrogens is 1. The molecule has 0 atom stereocenters. The lowest BCUT2D eigenvalue weighted by atomic mass is 10.1. The summed E-state index contributed by atoms with van der Waals surface area (Å²) in [6.07, 6.45) is 1.73. The fourth-order valence-electron chi connectivity index (χ4n) is 1.89. The lowest BCUT2D eigenvalue weighted by molar-refractivity contribution is 0.104. The van der Waals surface area contributed by atoms with Gasteiger partial charge in [0.05, 0.1) is 13.4 Å². The number of carbonyl (C=O) groups excluding carboxylic acids is 1. The number of hydrogen-bond donors (Lipinski definition) is 1. The van der Waals surface area contributed by atoms with Crippen molar-refractivity contribution in [2.45, 2.75) is 0 Å². The molecule has 2 heterocycles. The van der Waals surface area contributed by atoms with Crippen molar-refractivity contribution in [3.63, 3.8) is 0 Å². The third-order valence-electron chi connectivity index (χ3n) is 2.74. The Labute approximate surface area is 126 Å². The highest BCUT2D eigenvalue weighted by Crippen LogP contribution is 2.28. The van der Waals surface area contributed by atoms with Crippen LogP contribution in [0.2, 0.25) is 5.02 Å². The van der Waals surface area contributed by atoms with Gasteiger partial charge in [-0.3, -0.25) is 4.79 Å². The molecule has 0 amide bonds. The number of rotatable bonds is 2. The fraction of sp³-hybridized carbons (Fsp3) is 0. The summed E-state index contributed by atoms with van der Waals surface area (Å²) in [5.41, 5.74) is 2.21. The molecule has 3 rings (SSSR count). The van der Waals surface area contributed by atoms with Crippen molar-refractivity contribution >= 4 is 62.2 Å². The summed E-state index contributed by atoms with van der Waals surface area (Å²) in [5, 5.41) is 3.38. The van der Waals surface area contributed by atoms with E-state index in [9.17, 15) is 4.79 Å². The molecule has 0 unspecified atom stereocenters. The van der Waals surface area contributed by atoms with Crippen molar-refractivity contribution < 1.29 is 4.79 Å². The highest BCUT2D eigenvalue weighted by atomic mass is 127. The molecule has 0 spiro atoms. The van der Waals surface area contributed by atoms with Crippen LogP contribution in [-0.4, -0.2) is 10.8 Å². The van der Waals surface area contributed by atoms with Crippen LogP contribution in [0.15, 0.2) is 35.8 Å². The smallest absolute Gasteiger partial charge is 0.196 e. The zero-order chi connectivity index (χ0) is 12.7. The summed E-state index contributed by atoms with van der Waals surface area (Å²) in [7, 11) is 0. The van der Waals surface area contributed by atoms with E-state index in [1.165, 1.54) is 0 Å². The summed E-state index contributed by atoms with van der Waals surface area (Å²) < 4.78 is 1.11. The number of hydrogen-bond acceptors (Lipinski definition) is 2. The number of benzene rings is 1. The molecule has 0 fully saturated rings. The van der Waals surface area contributed by atoms with E-state index in [0.29, 0.717) is 10.6 Å². The molecular formula is C13H7ClINOS. The Morgan fingerprint density at radius 1 is 1.39 bits per heavy atom. The Kier molecular flexibility index (Phi) is 3.17. The minimum Gasteiger partial charge on any atom is -0.359 e. The van der Waals surface area contributed by atoms with Crippen LogP contribution in [-0.2, 0) is 0 Å². The number of para-hydroxylation sites is 1. The van der Waals surface area contributed by atoms with Crippen molar-refractivity contribution in [2.75, 3.05) is 0 Å². The van der Waals surface area contributed by atoms with Crippen LogP contribution < -0.4 is 0 Å². The number of nitrogens with one attached hydrogen (secondary N) is 1. The quantitative estimate of drug-likeness (QED) is 0.501. The van der Waals surface area contributed by atoms with Crippen molar-refractivity contribution in [3.05, 3.63) is 54.9 Å². The maximum Gasteiger partial charge on any atom is 0.196 e. The van der Waals surface area contributed by atoms with E-state index < -0.39 is 0 Å². The second-order valence-electron chi connectivity index (χ2n) is 3.83. The van der Waals surface area contributed by atoms with E-state index in [1.807, 2.05) is 29.6 Å². The van der Waals surface area contributed by atoms with Gasteiger partial charge in [0.15, 0.2) is 5.78 Å². The number of thiophene rings is 1. The molecule has 90 valence electrons. The summed E-state index contributed by atoms with van der Waals surface area (Å²) >= 11 is 9.86. The Balaban J connectivity index is 2.15. The number of aromatic amines is 1. The number of fused-ring (bicyclic) bond motifs is 1. The molecule has 2 nitrogen and oxygen atoms in total. The molecule has 0 aliphatic heterocycles. The maximum atomic E-state index is 12.4. The molecule has 0 aliphatic carbocycles. The van der Waals surface area contributed by atoms with Gasteiger partial charge in [0.25, 0.3) is 0 Å². The van der Waals surface area contributed by atoms with Crippen LogP contribution in [0, 0.1) is 2.88 Å².